The van der Waals surface area contributed by atoms with Gasteiger partial charge in [0.25, 0.3) is 0 Å². The fourth-order valence-corrected chi connectivity index (χ4v) is 2.13. The number of carbonyl (C=O) groups excluding carboxylic acids is 2. The first-order chi connectivity index (χ1) is 9.15. The van der Waals surface area contributed by atoms with Gasteiger partial charge in [0.05, 0.1) is 12.2 Å². The van der Waals surface area contributed by atoms with Gasteiger partial charge in [-0.25, -0.2) is 0 Å². The summed E-state index contributed by atoms with van der Waals surface area (Å²) in [5, 5.41) is 0. The monoisotopic (exact) mass is 257 g/mol. The molecule has 0 N–H and O–H groups in total. The number of fused-ring (bicyclic) bond motifs is 1. The van der Waals surface area contributed by atoms with Crippen molar-refractivity contribution >= 4 is 17.6 Å². The highest BCUT2D eigenvalue weighted by molar-refractivity contribution is 6.06. The summed E-state index contributed by atoms with van der Waals surface area (Å²) in [7, 11) is 0. The Hall–Kier alpha value is -2.36. The van der Waals surface area contributed by atoms with E-state index in [1.54, 1.807) is 17.1 Å². The molecule has 0 spiro atoms. The maximum atomic E-state index is 12.3. The number of carbonyl (C=O) groups is 2. The van der Waals surface area contributed by atoms with Crippen LogP contribution in [-0.2, 0) is 14.3 Å². The standard InChI is InChI=1S/C15H15NO3/c1-3-9-16-14-7-5-4-6-12(14)13(15(16)18)8-10-19-11(2)17/h3-8,10,13H,1,9H2,2H3/b10-8-. The number of ether oxygens (including phenoxy) is 1. The third-order valence-corrected chi connectivity index (χ3v) is 2.91. The molecule has 1 heterocycles. The normalized spacial score (nSPS) is 17.6. The predicted octanol–water partition coefficient (Wildman–Crippen LogP) is 2.38. The summed E-state index contributed by atoms with van der Waals surface area (Å²) in [5.41, 5.74) is 1.79. The lowest BCUT2D eigenvalue weighted by Crippen LogP contribution is -2.28. The average molecular weight is 257 g/mol. The minimum atomic E-state index is -0.407. The molecule has 19 heavy (non-hydrogen) atoms. The van der Waals surface area contributed by atoms with Gasteiger partial charge in [0, 0.05) is 19.2 Å². The maximum absolute atomic E-state index is 12.3. The lowest BCUT2D eigenvalue weighted by atomic mass is 10.0. The van der Waals surface area contributed by atoms with Crippen LogP contribution in [0.3, 0.4) is 0 Å². The van der Waals surface area contributed by atoms with E-state index >= 15 is 0 Å². The summed E-state index contributed by atoms with van der Waals surface area (Å²) < 4.78 is 4.75. The van der Waals surface area contributed by atoms with Crippen LogP contribution < -0.4 is 4.90 Å². The molecule has 0 fully saturated rings. The van der Waals surface area contributed by atoms with Crippen LogP contribution in [-0.4, -0.2) is 18.4 Å². The van der Waals surface area contributed by atoms with Crippen LogP contribution in [0.1, 0.15) is 18.4 Å². The molecule has 0 aliphatic carbocycles. The van der Waals surface area contributed by atoms with Crippen molar-refractivity contribution in [3.63, 3.8) is 0 Å². The second-order valence-electron chi connectivity index (χ2n) is 4.21. The van der Waals surface area contributed by atoms with E-state index < -0.39 is 11.9 Å². The van der Waals surface area contributed by atoms with Crippen molar-refractivity contribution in [2.45, 2.75) is 12.8 Å². The van der Waals surface area contributed by atoms with Crippen LogP contribution in [0.5, 0.6) is 0 Å². The van der Waals surface area contributed by atoms with Crippen molar-refractivity contribution in [1.29, 1.82) is 0 Å². The highest BCUT2D eigenvalue weighted by Crippen LogP contribution is 2.37. The Morgan fingerprint density at radius 3 is 2.89 bits per heavy atom. The first-order valence-corrected chi connectivity index (χ1v) is 6.00. The zero-order chi connectivity index (χ0) is 13.8. The molecule has 98 valence electrons. The Kier molecular flexibility index (Phi) is 3.80. The van der Waals surface area contributed by atoms with Gasteiger partial charge in [0.1, 0.15) is 0 Å². The van der Waals surface area contributed by atoms with E-state index in [1.165, 1.54) is 13.2 Å². The molecule has 4 heteroatoms. The van der Waals surface area contributed by atoms with Crippen LogP contribution in [0.15, 0.2) is 49.3 Å². The molecule has 1 atom stereocenters. The summed E-state index contributed by atoms with van der Waals surface area (Å²) >= 11 is 0. The van der Waals surface area contributed by atoms with E-state index in [1.807, 2.05) is 24.3 Å². The quantitative estimate of drug-likeness (QED) is 0.472. The van der Waals surface area contributed by atoms with Gasteiger partial charge >= 0.3 is 5.97 Å². The van der Waals surface area contributed by atoms with Gasteiger partial charge in [-0.3, -0.25) is 9.59 Å². The smallest absolute Gasteiger partial charge is 0.307 e. The van der Waals surface area contributed by atoms with Crippen LogP contribution in [0.25, 0.3) is 0 Å². The minimum Gasteiger partial charge on any atom is -0.435 e. The van der Waals surface area contributed by atoms with E-state index in [4.69, 9.17) is 4.74 Å². The van der Waals surface area contributed by atoms with Crippen molar-refractivity contribution in [3.05, 3.63) is 54.8 Å². The summed E-state index contributed by atoms with van der Waals surface area (Å²) in [6.07, 6.45) is 4.57. The lowest BCUT2D eigenvalue weighted by molar-refractivity contribution is -0.135. The third kappa shape index (κ3) is 2.57. The molecular formula is C15H15NO3. The molecule has 1 aromatic carbocycles. The Morgan fingerprint density at radius 2 is 2.21 bits per heavy atom. The van der Waals surface area contributed by atoms with Crippen LogP contribution >= 0.6 is 0 Å². The maximum Gasteiger partial charge on any atom is 0.307 e. The summed E-state index contributed by atoms with van der Waals surface area (Å²) in [5.74, 6) is -0.849. The summed E-state index contributed by atoms with van der Waals surface area (Å²) in [6, 6.07) is 7.58. The van der Waals surface area contributed by atoms with Crippen LogP contribution in [0.2, 0.25) is 0 Å². The molecule has 1 aromatic rings. The number of hydrogen-bond acceptors (Lipinski definition) is 3. The number of benzene rings is 1. The summed E-state index contributed by atoms with van der Waals surface area (Å²) in [4.78, 5) is 24.7. The Balaban J connectivity index is 2.30. The van der Waals surface area contributed by atoms with Crippen LogP contribution in [0.4, 0.5) is 5.69 Å². The molecule has 0 aromatic heterocycles. The lowest BCUT2D eigenvalue weighted by Gasteiger charge is -2.14. The van der Waals surface area contributed by atoms with Crippen LogP contribution in [0, 0.1) is 0 Å². The number of amides is 1. The van der Waals surface area contributed by atoms with Crippen molar-refractivity contribution in [2.75, 3.05) is 11.4 Å². The SMILES string of the molecule is C=CCN1C(=O)C(/C=C\OC(C)=O)c2ccccc21. The number of nitrogens with zero attached hydrogens (tertiary/aromatic N) is 1. The largest absolute Gasteiger partial charge is 0.435 e. The van der Waals surface area contributed by atoms with Gasteiger partial charge in [-0.2, -0.15) is 0 Å². The first kappa shape index (κ1) is 13.1. The first-order valence-electron chi connectivity index (χ1n) is 6.00. The van der Waals surface area contributed by atoms with Gasteiger partial charge < -0.3 is 9.64 Å². The van der Waals surface area contributed by atoms with E-state index in [9.17, 15) is 9.59 Å². The average Bonchev–Trinajstić information content (AvgIpc) is 2.65. The van der Waals surface area contributed by atoms with Gasteiger partial charge in [-0.1, -0.05) is 24.3 Å². The zero-order valence-corrected chi connectivity index (χ0v) is 10.7. The molecule has 1 aliphatic rings. The molecular weight excluding hydrogens is 242 g/mol. The molecule has 1 aliphatic heterocycles. The van der Waals surface area contributed by atoms with Gasteiger partial charge in [0.2, 0.25) is 5.91 Å². The number of rotatable bonds is 4. The topological polar surface area (TPSA) is 46.6 Å². The fourth-order valence-electron chi connectivity index (χ4n) is 2.13. The minimum absolute atomic E-state index is 0.0375. The Labute approximate surface area is 112 Å². The highest BCUT2D eigenvalue weighted by Gasteiger charge is 2.34. The second kappa shape index (κ2) is 5.52. The van der Waals surface area contributed by atoms with E-state index in [0.29, 0.717) is 6.54 Å². The molecule has 4 nitrogen and oxygen atoms in total. The molecule has 1 amide bonds. The number of para-hydroxylation sites is 1. The Bertz CT molecular complexity index is 548. The number of hydrogen-bond donors (Lipinski definition) is 0. The molecule has 0 bridgehead atoms. The van der Waals surface area contributed by atoms with Crippen molar-refractivity contribution in [1.82, 2.24) is 0 Å². The Morgan fingerprint density at radius 1 is 1.47 bits per heavy atom. The molecule has 0 saturated carbocycles. The predicted molar refractivity (Wildman–Crippen MR) is 72.6 cm³/mol. The van der Waals surface area contributed by atoms with E-state index in [2.05, 4.69) is 6.58 Å². The third-order valence-electron chi connectivity index (χ3n) is 2.91. The second-order valence-corrected chi connectivity index (χ2v) is 4.21. The van der Waals surface area contributed by atoms with Crippen molar-refractivity contribution in [2.24, 2.45) is 0 Å². The van der Waals surface area contributed by atoms with Crippen molar-refractivity contribution < 1.29 is 14.3 Å². The number of anilines is 1. The van der Waals surface area contributed by atoms with E-state index in [0.717, 1.165) is 11.3 Å². The zero-order valence-electron chi connectivity index (χ0n) is 10.7. The van der Waals surface area contributed by atoms with E-state index in [-0.39, 0.29) is 5.91 Å². The van der Waals surface area contributed by atoms with Gasteiger partial charge in [-0.15, -0.1) is 6.58 Å². The highest BCUT2D eigenvalue weighted by atomic mass is 16.5. The van der Waals surface area contributed by atoms with Gasteiger partial charge in [-0.05, 0) is 17.7 Å². The molecule has 2 rings (SSSR count). The molecule has 0 radical (unpaired) electrons. The molecule has 1 unspecified atom stereocenters. The molecule has 0 saturated heterocycles. The van der Waals surface area contributed by atoms with Gasteiger partial charge in [0.15, 0.2) is 0 Å². The summed E-state index contributed by atoms with van der Waals surface area (Å²) in [6.45, 7) is 5.44. The number of esters is 1. The van der Waals surface area contributed by atoms with Crippen molar-refractivity contribution in [3.8, 4) is 0 Å². The fraction of sp³-hybridized carbons (Fsp3) is 0.200.